The summed E-state index contributed by atoms with van der Waals surface area (Å²) in [5, 5.41) is 12.6. The van der Waals surface area contributed by atoms with Gasteiger partial charge < -0.3 is 10.0 Å². The second-order valence-corrected chi connectivity index (χ2v) is 4.63. The number of aliphatic carboxylic acids is 1. The summed E-state index contributed by atoms with van der Waals surface area (Å²) in [4.78, 5) is 13.7. The third-order valence-corrected chi connectivity index (χ3v) is 3.57. The molecule has 0 radical (unpaired) electrons. The Hall–Kier alpha value is -0.610. The van der Waals surface area contributed by atoms with Crippen LogP contribution in [0.2, 0.25) is 0 Å². The molecule has 17 heavy (non-hydrogen) atoms. The van der Waals surface area contributed by atoms with Crippen LogP contribution in [0, 0.1) is 0 Å². The molecule has 0 aromatic carbocycles. The largest absolute Gasteiger partial charge is 0.480 e. The van der Waals surface area contributed by atoms with E-state index in [0.717, 1.165) is 19.6 Å². The summed E-state index contributed by atoms with van der Waals surface area (Å²) in [5.41, 5.74) is -0.771. The summed E-state index contributed by atoms with van der Waals surface area (Å²) >= 11 is 0. The maximum absolute atomic E-state index is 11.4. The highest BCUT2D eigenvalue weighted by atomic mass is 16.4. The second kappa shape index (κ2) is 7.67. The summed E-state index contributed by atoms with van der Waals surface area (Å²) in [5.74, 6) is -0.742. The van der Waals surface area contributed by atoms with Crippen LogP contribution in [0.15, 0.2) is 0 Å². The average Bonchev–Trinajstić information content (AvgIpc) is 2.32. The van der Waals surface area contributed by atoms with Crippen molar-refractivity contribution in [3.8, 4) is 0 Å². The smallest absolute Gasteiger partial charge is 0.323 e. The Kier molecular flexibility index (Phi) is 7.39. The minimum absolute atomic E-state index is 0.186. The molecule has 0 heterocycles. The van der Waals surface area contributed by atoms with E-state index in [1.807, 2.05) is 13.8 Å². The molecule has 0 bridgehead atoms. The van der Waals surface area contributed by atoms with E-state index in [1.165, 1.54) is 0 Å². The molecule has 0 rings (SSSR count). The molecule has 0 aliphatic carbocycles. The van der Waals surface area contributed by atoms with E-state index in [4.69, 9.17) is 0 Å². The normalized spacial score (nSPS) is 14.0. The van der Waals surface area contributed by atoms with Crippen molar-refractivity contribution in [2.45, 2.75) is 59.0 Å². The van der Waals surface area contributed by atoms with Gasteiger partial charge in [0.25, 0.3) is 0 Å². The van der Waals surface area contributed by atoms with Gasteiger partial charge in [0.2, 0.25) is 0 Å². The monoisotopic (exact) mass is 244 g/mol. The summed E-state index contributed by atoms with van der Waals surface area (Å²) in [6.07, 6.45) is 1.23. The van der Waals surface area contributed by atoms with Gasteiger partial charge in [-0.3, -0.25) is 10.1 Å². The van der Waals surface area contributed by atoms with E-state index in [1.54, 1.807) is 0 Å². The zero-order valence-electron chi connectivity index (χ0n) is 11.9. The fraction of sp³-hybridized carbons (Fsp3) is 0.923. The Bertz CT molecular complexity index is 223. The van der Waals surface area contributed by atoms with E-state index >= 15 is 0 Å². The molecule has 0 fully saturated rings. The third kappa shape index (κ3) is 4.64. The van der Waals surface area contributed by atoms with Crippen LogP contribution < -0.4 is 5.32 Å². The van der Waals surface area contributed by atoms with Crippen LogP contribution >= 0.6 is 0 Å². The van der Waals surface area contributed by atoms with Crippen molar-refractivity contribution in [3.05, 3.63) is 0 Å². The lowest BCUT2D eigenvalue weighted by Gasteiger charge is -2.33. The third-order valence-electron chi connectivity index (χ3n) is 3.57. The standard InChI is InChI=1S/C13H28N2O2/c1-6-13(7-2,12(16)17)14-11(5)10-15(8-3)9-4/h11,14H,6-10H2,1-5H3,(H,16,17). The first kappa shape index (κ1) is 16.4. The first-order valence-electron chi connectivity index (χ1n) is 6.69. The number of rotatable bonds is 9. The molecule has 102 valence electrons. The van der Waals surface area contributed by atoms with E-state index in [0.29, 0.717) is 12.8 Å². The van der Waals surface area contributed by atoms with Crippen molar-refractivity contribution in [1.29, 1.82) is 0 Å². The average molecular weight is 244 g/mol. The highest BCUT2D eigenvalue weighted by Gasteiger charge is 2.35. The maximum Gasteiger partial charge on any atom is 0.323 e. The van der Waals surface area contributed by atoms with Crippen LogP contribution in [-0.4, -0.2) is 47.2 Å². The number of nitrogens with one attached hydrogen (secondary N) is 1. The van der Waals surface area contributed by atoms with Gasteiger partial charge in [0, 0.05) is 12.6 Å². The lowest BCUT2D eigenvalue weighted by atomic mass is 9.92. The molecule has 0 aromatic rings. The molecule has 4 heteroatoms. The van der Waals surface area contributed by atoms with Crippen molar-refractivity contribution in [1.82, 2.24) is 10.2 Å². The van der Waals surface area contributed by atoms with E-state index in [9.17, 15) is 9.90 Å². The summed E-state index contributed by atoms with van der Waals surface area (Å²) in [7, 11) is 0. The molecule has 0 aromatic heterocycles. The molecule has 2 N–H and O–H groups in total. The maximum atomic E-state index is 11.4. The van der Waals surface area contributed by atoms with Gasteiger partial charge in [-0.2, -0.15) is 0 Å². The lowest BCUT2D eigenvalue weighted by Crippen LogP contribution is -2.56. The van der Waals surface area contributed by atoms with Crippen LogP contribution in [0.25, 0.3) is 0 Å². The molecule has 1 unspecified atom stereocenters. The number of carbonyl (C=O) groups is 1. The fourth-order valence-corrected chi connectivity index (χ4v) is 2.20. The molecule has 0 aliphatic heterocycles. The van der Waals surface area contributed by atoms with Crippen molar-refractivity contribution in [2.24, 2.45) is 0 Å². The molecule has 0 saturated heterocycles. The zero-order chi connectivity index (χ0) is 13.5. The molecule has 4 nitrogen and oxygen atoms in total. The van der Waals surface area contributed by atoms with Crippen LogP contribution in [0.4, 0.5) is 0 Å². The van der Waals surface area contributed by atoms with Gasteiger partial charge in [0.05, 0.1) is 0 Å². The van der Waals surface area contributed by atoms with Gasteiger partial charge in [-0.25, -0.2) is 0 Å². The zero-order valence-corrected chi connectivity index (χ0v) is 11.9. The van der Waals surface area contributed by atoms with Crippen molar-refractivity contribution < 1.29 is 9.90 Å². The minimum atomic E-state index is -0.771. The number of likely N-dealkylation sites (N-methyl/N-ethyl adjacent to an activating group) is 1. The van der Waals surface area contributed by atoms with Crippen LogP contribution in [0.1, 0.15) is 47.5 Å². The lowest BCUT2D eigenvalue weighted by molar-refractivity contribution is -0.145. The molecule has 0 aliphatic rings. The number of carboxylic acid groups (broad SMARTS) is 1. The quantitative estimate of drug-likeness (QED) is 0.651. The molecule has 0 spiro atoms. The van der Waals surface area contributed by atoms with Gasteiger partial charge in [0.1, 0.15) is 5.54 Å². The molecule has 0 amide bonds. The first-order valence-corrected chi connectivity index (χ1v) is 6.69. The minimum Gasteiger partial charge on any atom is -0.480 e. The first-order chi connectivity index (χ1) is 7.95. The predicted molar refractivity (Wildman–Crippen MR) is 71.3 cm³/mol. The Morgan fingerprint density at radius 2 is 1.71 bits per heavy atom. The molecule has 0 saturated carbocycles. The Labute approximate surface area is 105 Å². The SMILES string of the molecule is CCN(CC)CC(C)NC(CC)(CC)C(=O)O. The fourth-order valence-electron chi connectivity index (χ4n) is 2.20. The van der Waals surface area contributed by atoms with E-state index < -0.39 is 11.5 Å². The van der Waals surface area contributed by atoms with Gasteiger partial charge >= 0.3 is 5.97 Å². The second-order valence-electron chi connectivity index (χ2n) is 4.63. The number of hydrogen-bond donors (Lipinski definition) is 2. The molecular formula is C13H28N2O2. The molecule has 1 atom stereocenters. The van der Waals surface area contributed by atoms with Gasteiger partial charge in [-0.1, -0.05) is 27.7 Å². The van der Waals surface area contributed by atoms with Crippen LogP contribution in [0.5, 0.6) is 0 Å². The molecular weight excluding hydrogens is 216 g/mol. The summed E-state index contributed by atoms with van der Waals surface area (Å²) in [6.45, 7) is 13.1. The van der Waals surface area contributed by atoms with Gasteiger partial charge in [0.15, 0.2) is 0 Å². The van der Waals surface area contributed by atoms with Crippen molar-refractivity contribution >= 4 is 5.97 Å². The van der Waals surface area contributed by atoms with Crippen molar-refractivity contribution in [3.63, 3.8) is 0 Å². The Morgan fingerprint density at radius 1 is 1.24 bits per heavy atom. The van der Waals surface area contributed by atoms with Crippen molar-refractivity contribution in [2.75, 3.05) is 19.6 Å². The summed E-state index contributed by atoms with van der Waals surface area (Å²) < 4.78 is 0. The topological polar surface area (TPSA) is 52.6 Å². The van der Waals surface area contributed by atoms with Crippen LogP contribution in [-0.2, 0) is 4.79 Å². The van der Waals surface area contributed by atoms with E-state index in [2.05, 4.69) is 31.0 Å². The Morgan fingerprint density at radius 3 is 2.00 bits per heavy atom. The number of hydrogen-bond acceptors (Lipinski definition) is 3. The highest BCUT2D eigenvalue weighted by Crippen LogP contribution is 2.16. The van der Waals surface area contributed by atoms with Gasteiger partial charge in [-0.15, -0.1) is 0 Å². The number of carboxylic acids is 1. The Balaban J connectivity index is 4.50. The summed E-state index contributed by atoms with van der Waals surface area (Å²) in [6, 6.07) is 0.186. The highest BCUT2D eigenvalue weighted by molar-refractivity contribution is 5.78. The predicted octanol–water partition coefficient (Wildman–Crippen LogP) is 1.95. The van der Waals surface area contributed by atoms with E-state index in [-0.39, 0.29) is 6.04 Å². The number of nitrogens with zero attached hydrogens (tertiary/aromatic N) is 1. The van der Waals surface area contributed by atoms with Gasteiger partial charge in [-0.05, 0) is 32.9 Å². The van der Waals surface area contributed by atoms with Crippen LogP contribution in [0.3, 0.4) is 0 Å².